The Labute approximate surface area is 110 Å². The second-order valence-corrected chi connectivity index (χ2v) is 4.74. The summed E-state index contributed by atoms with van der Waals surface area (Å²) in [4.78, 5) is 31.2. The lowest BCUT2D eigenvalue weighted by molar-refractivity contribution is 0.0205. The maximum Gasteiger partial charge on any atom is 0.291 e. The predicted octanol–water partition coefficient (Wildman–Crippen LogP) is 1.85. The molecule has 1 amide bonds. The molecule has 0 saturated carbocycles. The molecule has 2 N–H and O–H groups in total. The second kappa shape index (κ2) is 5.67. The third-order valence-electron chi connectivity index (χ3n) is 2.58. The van der Waals surface area contributed by atoms with Crippen LogP contribution in [0.4, 0.5) is 0 Å². The van der Waals surface area contributed by atoms with E-state index in [-0.39, 0.29) is 11.3 Å². The molecule has 2 aromatic rings. The Morgan fingerprint density at radius 2 is 2.11 bits per heavy atom. The van der Waals surface area contributed by atoms with Gasteiger partial charge < -0.3 is 4.98 Å². The van der Waals surface area contributed by atoms with Gasteiger partial charge in [-0.2, -0.15) is 0 Å². The predicted molar refractivity (Wildman–Crippen MR) is 72.8 cm³/mol. The molecule has 0 aliphatic rings. The Morgan fingerprint density at radius 3 is 2.84 bits per heavy atom. The van der Waals surface area contributed by atoms with Crippen LogP contribution in [0, 0.1) is 5.92 Å². The molecule has 1 aromatic heterocycles. The number of aromatic amines is 1. The summed E-state index contributed by atoms with van der Waals surface area (Å²) in [7, 11) is 0. The topological polar surface area (TPSA) is 71.2 Å². The molecule has 2 rings (SSSR count). The van der Waals surface area contributed by atoms with Crippen molar-refractivity contribution >= 4 is 16.7 Å². The Balaban J connectivity index is 2.21. The number of nitrogens with one attached hydrogen (secondary N) is 2. The molecule has 100 valence electrons. The molecule has 0 aliphatic heterocycles. The molecule has 19 heavy (non-hydrogen) atoms. The van der Waals surface area contributed by atoms with Crippen LogP contribution in [0.1, 0.15) is 24.3 Å². The summed E-state index contributed by atoms with van der Waals surface area (Å²) in [6, 6.07) is 8.73. The highest BCUT2D eigenvalue weighted by Crippen LogP contribution is 2.09. The van der Waals surface area contributed by atoms with Crippen LogP contribution in [-0.2, 0) is 4.84 Å². The molecular formula is C14H16N2O3. The van der Waals surface area contributed by atoms with Crippen molar-refractivity contribution in [3.63, 3.8) is 0 Å². The Morgan fingerprint density at radius 1 is 1.37 bits per heavy atom. The van der Waals surface area contributed by atoms with Gasteiger partial charge in [0, 0.05) is 5.39 Å². The van der Waals surface area contributed by atoms with Crippen LogP contribution >= 0.6 is 0 Å². The summed E-state index contributed by atoms with van der Waals surface area (Å²) in [6.07, 6.45) is 0. The molecular weight excluding hydrogens is 244 g/mol. The van der Waals surface area contributed by atoms with Crippen LogP contribution in [0.15, 0.2) is 35.1 Å². The average molecular weight is 260 g/mol. The van der Waals surface area contributed by atoms with Gasteiger partial charge in [-0.05, 0) is 23.4 Å². The zero-order chi connectivity index (χ0) is 13.8. The van der Waals surface area contributed by atoms with Crippen molar-refractivity contribution in [1.29, 1.82) is 0 Å². The van der Waals surface area contributed by atoms with Crippen molar-refractivity contribution in [2.24, 2.45) is 5.92 Å². The van der Waals surface area contributed by atoms with E-state index in [4.69, 9.17) is 4.84 Å². The van der Waals surface area contributed by atoms with Gasteiger partial charge in [0.15, 0.2) is 0 Å². The smallest absolute Gasteiger partial charge is 0.291 e. The highest BCUT2D eigenvalue weighted by atomic mass is 16.6. The van der Waals surface area contributed by atoms with Gasteiger partial charge in [-0.15, -0.1) is 0 Å². The molecule has 0 fully saturated rings. The second-order valence-electron chi connectivity index (χ2n) is 4.74. The Kier molecular flexibility index (Phi) is 3.97. The van der Waals surface area contributed by atoms with Gasteiger partial charge >= 0.3 is 0 Å². The molecule has 0 spiro atoms. The fraction of sp³-hybridized carbons (Fsp3) is 0.286. The van der Waals surface area contributed by atoms with Crippen molar-refractivity contribution in [2.75, 3.05) is 6.61 Å². The number of rotatable bonds is 4. The van der Waals surface area contributed by atoms with E-state index >= 15 is 0 Å². The fourth-order valence-electron chi connectivity index (χ4n) is 1.66. The average Bonchev–Trinajstić information content (AvgIpc) is 2.38. The number of pyridine rings is 1. The van der Waals surface area contributed by atoms with Crippen molar-refractivity contribution < 1.29 is 9.63 Å². The van der Waals surface area contributed by atoms with E-state index in [0.717, 1.165) is 5.39 Å². The number of fused-ring (bicyclic) bond motifs is 1. The van der Waals surface area contributed by atoms with Crippen molar-refractivity contribution in [2.45, 2.75) is 13.8 Å². The number of aromatic nitrogens is 1. The largest absolute Gasteiger partial charge is 0.317 e. The first-order chi connectivity index (χ1) is 9.08. The van der Waals surface area contributed by atoms with Crippen LogP contribution in [0.2, 0.25) is 0 Å². The summed E-state index contributed by atoms with van der Waals surface area (Å²) >= 11 is 0. The lowest BCUT2D eigenvalue weighted by atomic mass is 10.1. The summed E-state index contributed by atoms with van der Waals surface area (Å²) in [5, 5.41) is 1.28. The first kappa shape index (κ1) is 13.3. The van der Waals surface area contributed by atoms with Crippen molar-refractivity contribution in [1.82, 2.24) is 10.5 Å². The van der Waals surface area contributed by atoms with Gasteiger partial charge in [0.1, 0.15) is 5.69 Å². The van der Waals surface area contributed by atoms with Gasteiger partial charge in [-0.1, -0.05) is 32.0 Å². The van der Waals surface area contributed by atoms with Crippen LogP contribution in [0.5, 0.6) is 0 Å². The molecule has 5 nitrogen and oxygen atoms in total. The maximum absolute atomic E-state index is 11.8. The Bertz CT molecular complexity index is 646. The number of amides is 1. The van der Waals surface area contributed by atoms with E-state index in [9.17, 15) is 9.59 Å². The van der Waals surface area contributed by atoms with Gasteiger partial charge in [0.25, 0.3) is 11.5 Å². The van der Waals surface area contributed by atoms with E-state index in [1.165, 1.54) is 0 Å². The zero-order valence-corrected chi connectivity index (χ0v) is 10.9. The standard InChI is InChI=1S/C14H16N2O3/c1-9(2)8-19-16-14(18)12-7-10-5-3-4-6-11(10)13(17)15-12/h3-7,9H,8H2,1-2H3,(H,15,17)(H,16,18). The van der Waals surface area contributed by atoms with Gasteiger partial charge in [0.05, 0.1) is 6.61 Å². The van der Waals surface area contributed by atoms with Gasteiger partial charge in [-0.3, -0.25) is 14.4 Å². The number of hydrogen-bond donors (Lipinski definition) is 2. The molecule has 0 aliphatic carbocycles. The van der Waals surface area contributed by atoms with Crippen molar-refractivity contribution in [3.05, 3.63) is 46.4 Å². The molecule has 5 heteroatoms. The highest BCUT2D eigenvalue weighted by Gasteiger charge is 2.09. The molecule has 0 atom stereocenters. The minimum Gasteiger partial charge on any atom is -0.317 e. The monoisotopic (exact) mass is 260 g/mol. The first-order valence-corrected chi connectivity index (χ1v) is 6.12. The normalized spacial score (nSPS) is 10.9. The minimum absolute atomic E-state index is 0.187. The van der Waals surface area contributed by atoms with Crippen LogP contribution in [0.25, 0.3) is 10.8 Å². The number of carbonyl (C=O) groups excluding carboxylic acids is 1. The number of carbonyl (C=O) groups is 1. The van der Waals surface area contributed by atoms with Gasteiger partial charge in [-0.25, -0.2) is 5.48 Å². The molecule has 0 bridgehead atoms. The van der Waals surface area contributed by atoms with E-state index in [1.54, 1.807) is 24.3 Å². The molecule has 1 heterocycles. The van der Waals surface area contributed by atoms with Crippen LogP contribution < -0.4 is 11.0 Å². The summed E-state index contributed by atoms with van der Waals surface area (Å²) in [5.74, 6) is -0.139. The number of hydroxylamine groups is 1. The lowest BCUT2D eigenvalue weighted by Crippen LogP contribution is -2.28. The van der Waals surface area contributed by atoms with E-state index in [1.807, 2.05) is 19.9 Å². The van der Waals surface area contributed by atoms with E-state index in [2.05, 4.69) is 10.5 Å². The maximum atomic E-state index is 11.8. The summed E-state index contributed by atoms with van der Waals surface area (Å²) in [6.45, 7) is 4.37. The zero-order valence-electron chi connectivity index (χ0n) is 10.9. The molecule has 0 radical (unpaired) electrons. The van der Waals surface area contributed by atoms with Crippen molar-refractivity contribution in [3.8, 4) is 0 Å². The lowest BCUT2D eigenvalue weighted by Gasteiger charge is -2.08. The fourth-order valence-corrected chi connectivity index (χ4v) is 1.66. The SMILES string of the molecule is CC(C)CONC(=O)c1cc2ccccc2c(=O)[nH]1. The molecule has 0 saturated heterocycles. The van der Waals surface area contributed by atoms with Crippen LogP contribution in [-0.4, -0.2) is 17.5 Å². The summed E-state index contributed by atoms with van der Waals surface area (Å²) in [5.41, 5.74) is 2.22. The number of H-pyrrole nitrogens is 1. The van der Waals surface area contributed by atoms with Crippen LogP contribution in [0.3, 0.4) is 0 Å². The van der Waals surface area contributed by atoms with Gasteiger partial charge in [0.2, 0.25) is 0 Å². The molecule has 0 unspecified atom stereocenters. The summed E-state index contributed by atoms with van der Waals surface area (Å²) < 4.78 is 0. The highest BCUT2D eigenvalue weighted by molar-refractivity contribution is 5.95. The van der Waals surface area contributed by atoms with E-state index in [0.29, 0.717) is 17.9 Å². The number of benzene rings is 1. The molecule has 1 aromatic carbocycles. The Hall–Kier alpha value is -2.14. The quantitative estimate of drug-likeness (QED) is 0.824. The number of hydrogen-bond acceptors (Lipinski definition) is 3. The minimum atomic E-state index is -0.455. The third kappa shape index (κ3) is 3.20. The van der Waals surface area contributed by atoms with E-state index < -0.39 is 5.91 Å². The first-order valence-electron chi connectivity index (χ1n) is 6.12. The third-order valence-corrected chi connectivity index (χ3v) is 2.58.